The second kappa shape index (κ2) is 4.77. The zero-order valence-electron chi connectivity index (χ0n) is 11.8. The number of pyridine rings is 2. The molecule has 0 atom stereocenters. The number of hydrogen-bond donors (Lipinski definition) is 0. The SMILES string of the molecule is Cn1cc(-c2cc(-c3ccc(F)nc3)c3ccnn3c2)cn1. The van der Waals surface area contributed by atoms with Gasteiger partial charge in [-0.2, -0.15) is 14.6 Å². The first-order chi connectivity index (χ1) is 10.7. The number of aryl methyl sites for hydroxylation is 1. The summed E-state index contributed by atoms with van der Waals surface area (Å²) in [7, 11) is 1.88. The maximum Gasteiger partial charge on any atom is 0.212 e. The molecule has 0 aliphatic rings. The molecule has 0 aromatic carbocycles. The minimum absolute atomic E-state index is 0.489. The fourth-order valence-corrected chi connectivity index (χ4v) is 2.52. The molecule has 108 valence electrons. The Morgan fingerprint density at radius 1 is 0.955 bits per heavy atom. The summed E-state index contributed by atoms with van der Waals surface area (Å²) in [4.78, 5) is 3.74. The molecule has 0 N–H and O–H groups in total. The first-order valence-electron chi connectivity index (χ1n) is 6.79. The van der Waals surface area contributed by atoms with Crippen molar-refractivity contribution in [3.05, 3.63) is 61.2 Å². The quantitative estimate of drug-likeness (QED) is 0.534. The van der Waals surface area contributed by atoms with Crippen LogP contribution in [0.2, 0.25) is 0 Å². The minimum atomic E-state index is -0.489. The van der Waals surface area contributed by atoms with Crippen molar-refractivity contribution in [2.45, 2.75) is 0 Å². The third kappa shape index (κ3) is 2.05. The number of rotatable bonds is 2. The van der Waals surface area contributed by atoms with Gasteiger partial charge in [-0.1, -0.05) is 0 Å². The molecule has 4 heterocycles. The molecule has 0 spiro atoms. The second-order valence-electron chi connectivity index (χ2n) is 5.08. The minimum Gasteiger partial charge on any atom is -0.275 e. The van der Waals surface area contributed by atoms with Crippen molar-refractivity contribution in [1.29, 1.82) is 0 Å². The highest BCUT2D eigenvalue weighted by molar-refractivity contribution is 5.83. The molecule has 0 fully saturated rings. The van der Waals surface area contributed by atoms with Gasteiger partial charge in [0.05, 0.1) is 11.7 Å². The van der Waals surface area contributed by atoms with Gasteiger partial charge in [-0.05, 0) is 24.3 Å². The molecule has 5 nitrogen and oxygen atoms in total. The van der Waals surface area contributed by atoms with Crippen LogP contribution in [0.3, 0.4) is 0 Å². The van der Waals surface area contributed by atoms with Gasteiger partial charge in [0.25, 0.3) is 0 Å². The predicted octanol–water partition coefficient (Wildman–Crippen LogP) is 2.94. The number of aromatic nitrogens is 5. The van der Waals surface area contributed by atoms with E-state index in [2.05, 4.69) is 15.2 Å². The fraction of sp³-hybridized carbons (Fsp3) is 0.0625. The lowest BCUT2D eigenvalue weighted by atomic mass is 10.0. The van der Waals surface area contributed by atoms with E-state index in [0.29, 0.717) is 0 Å². The smallest absolute Gasteiger partial charge is 0.212 e. The molecular formula is C16H12FN5. The molecule has 6 heteroatoms. The van der Waals surface area contributed by atoms with Crippen molar-refractivity contribution in [3.8, 4) is 22.3 Å². The Labute approximate surface area is 125 Å². The molecule has 4 aromatic rings. The zero-order chi connectivity index (χ0) is 15.1. The molecule has 0 saturated carbocycles. The Balaban J connectivity index is 1.96. The van der Waals surface area contributed by atoms with Gasteiger partial charge in [-0.3, -0.25) is 4.68 Å². The van der Waals surface area contributed by atoms with Crippen LogP contribution in [-0.2, 0) is 7.05 Å². The summed E-state index contributed by atoms with van der Waals surface area (Å²) < 4.78 is 16.6. The first-order valence-corrected chi connectivity index (χ1v) is 6.79. The van der Waals surface area contributed by atoms with Crippen LogP contribution < -0.4 is 0 Å². The van der Waals surface area contributed by atoms with Crippen LogP contribution >= 0.6 is 0 Å². The maximum atomic E-state index is 13.1. The van der Waals surface area contributed by atoms with Gasteiger partial charge in [0.15, 0.2) is 0 Å². The Kier molecular flexibility index (Phi) is 2.75. The Morgan fingerprint density at radius 2 is 1.86 bits per heavy atom. The summed E-state index contributed by atoms with van der Waals surface area (Å²) in [6.45, 7) is 0. The van der Waals surface area contributed by atoms with E-state index >= 15 is 0 Å². The van der Waals surface area contributed by atoms with Crippen molar-refractivity contribution < 1.29 is 4.39 Å². The third-order valence-corrected chi connectivity index (χ3v) is 3.58. The van der Waals surface area contributed by atoms with Gasteiger partial charge in [-0.15, -0.1) is 0 Å². The third-order valence-electron chi connectivity index (χ3n) is 3.58. The molecule has 0 aliphatic carbocycles. The fourth-order valence-electron chi connectivity index (χ4n) is 2.52. The van der Waals surface area contributed by atoms with Crippen LogP contribution in [0.4, 0.5) is 4.39 Å². The van der Waals surface area contributed by atoms with E-state index in [4.69, 9.17) is 0 Å². The number of nitrogens with zero attached hydrogens (tertiary/aromatic N) is 5. The van der Waals surface area contributed by atoms with Gasteiger partial charge in [0.2, 0.25) is 5.95 Å². The van der Waals surface area contributed by atoms with Crippen LogP contribution in [-0.4, -0.2) is 24.4 Å². The largest absolute Gasteiger partial charge is 0.275 e. The van der Waals surface area contributed by atoms with E-state index < -0.39 is 5.95 Å². The maximum absolute atomic E-state index is 13.1. The Bertz CT molecular complexity index is 952. The lowest BCUT2D eigenvalue weighted by molar-refractivity contribution is 0.584. The molecule has 4 aromatic heterocycles. The standard InChI is InChI=1S/C16H12FN5/c1-21-9-13(8-20-21)12-6-14(11-2-3-16(17)18-7-11)15-4-5-19-22(15)10-12/h2-10H,1H3. The average molecular weight is 293 g/mol. The van der Waals surface area contributed by atoms with Crippen LogP contribution in [0, 0.1) is 5.95 Å². The summed E-state index contributed by atoms with van der Waals surface area (Å²) in [6, 6.07) is 7.05. The molecule has 4 rings (SSSR count). The highest BCUT2D eigenvalue weighted by Crippen LogP contribution is 2.29. The molecule has 22 heavy (non-hydrogen) atoms. The number of fused-ring (bicyclic) bond motifs is 1. The lowest BCUT2D eigenvalue weighted by Crippen LogP contribution is -1.93. The van der Waals surface area contributed by atoms with Crippen molar-refractivity contribution in [3.63, 3.8) is 0 Å². The highest BCUT2D eigenvalue weighted by atomic mass is 19.1. The zero-order valence-corrected chi connectivity index (χ0v) is 11.8. The first kappa shape index (κ1) is 12.7. The van der Waals surface area contributed by atoms with Crippen molar-refractivity contribution in [2.24, 2.45) is 7.05 Å². The van der Waals surface area contributed by atoms with E-state index in [1.165, 1.54) is 12.3 Å². The molecule has 0 bridgehead atoms. The second-order valence-corrected chi connectivity index (χ2v) is 5.08. The van der Waals surface area contributed by atoms with Gasteiger partial charge >= 0.3 is 0 Å². The van der Waals surface area contributed by atoms with Crippen molar-refractivity contribution in [2.75, 3.05) is 0 Å². The Hall–Kier alpha value is -3.02. The topological polar surface area (TPSA) is 48.0 Å². The van der Waals surface area contributed by atoms with E-state index in [1.807, 2.05) is 31.6 Å². The van der Waals surface area contributed by atoms with Crippen molar-refractivity contribution in [1.82, 2.24) is 24.4 Å². The molecule has 0 amide bonds. The molecule has 0 saturated heterocycles. The molecule has 0 radical (unpaired) electrons. The van der Waals surface area contributed by atoms with Crippen LogP contribution in [0.15, 0.2) is 55.2 Å². The highest BCUT2D eigenvalue weighted by Gasteiger charge is 2.10. The predicted molar refractivity (Wildman–Crippen MR) is 80.6 cm³/mol. The van der Waals surface area contributed by atoms with E-state index in [9.17, 15) is 4.39 Å². The van der Waals surface area contributed by atoms with Gasteiger partial charge in [-0.25, -0.2) is 9.50 Å². The van der Waals surface area contributed by atoms with E-state index in [0.717, 1.165) is 27.8 Å². The summed E-state index contributed by atoms with van der Waals surface area (Å²) in [5.74, 6) is -0.489. The normalized spacial score (nSPS) is 11.2. The lowest BCUT2D eigenvalue weighted by Gasteiger charge is -2.07. The Morgan fingerprint density at radius 3 is 2.59 bits per heavy atom. The number of hydrogen-bond acceptors (Lipinski definition) is 3. The monoisotopic (exact) mass is 293 g/mol. The van der Waals surface area contributed by atoms with Crippen LogP contribution in [0.5, 0.6) is 0 Å². The van der Waals surface area contributed by atoms with Crippen molar-refractivity contribution >= 4 is 5.52 Å². The van der Waals surface area contributed by atoms with E-state index in [-0.39, 0.29) is 0 Å². The van der Waals surface area contributed by atoms with Gasteiger partial charge in [0, 0.05) is 54.1 Å². The summed E-state index contributed by atoms with van der Waals surface area (Å²) in [6.07, 6.45) is 8.97. The summed E-state index contributed by atoms with van der Waals surface area (Å²) >= 11 is 0. The summed E-state index contributed by atoms with van der Waals surface area (Å²) in [5.41, 5.74) is 4.73. The van der Waals surface area contributed by atoms with Gasteiger partial charge in [0.1, 0.15) is 0 Å². The molecule has 0 aliphatic heterocycles. The van der Waals surface area contributed by atoms with E-state index in [1.54, 1.807) is 27.7 Å². The molecule has 0 unspecified atom stereocenters. The van der Waals surface area contributed by atoms with Crippen LogP contribution in [0.1, 0.15) is 0 Å². The van der Waals surface area contributed by atoms with Gasteiger partial charge < -0.3 is 0 Å². The number of halogens is 1. The average Bonchev–Trinajstić information content (AvgIpc) is 3.15. The van der Waals surface area contributed by atoms with Crippen LogP contribution in [0.25, 0.3) is 27.8 Å². The molecular weight excluding hydrogens is 281 g/mol. The summed E-state index contributed by atoms with van der Waals surface area (Å²) in [5, 5.41) is 8.51.